The van der Waals surface area contributed by atoms with E-state index in [0.29, 0.717) is 12.0 Å². The first-order valence-electron chi connectivity index (χ1n) is 7.41. The highest BCUT2D eigenvalue weighted by atomic mass is 16.3. The summed E-state index contributed by atoms with van der Waals surface area (Å²) >= 11 is 0. The van der Waals surface area contributed by atoms with Gasteiger partial charge < -0.3 is 16.2 Å². The molecule has 4 N–H and O–H groups in total. The topological polar surface area (TPSA) is 58.3 Å². The highest BCUT2D eigenvalue weighted by Gasteiger charge is 2.25. The first-order valence-corrected chi connectivity index (χ1v) is 7.41. The average molecular weight is 240 g/mol. The first kappa shape index (κ1) is 13.3. The van der Waals surface area contributed by atoms with Gasteiger partial charge in [0.15, 0.2) is 0 Å². The lowest BCUT2D eigenvalue weighted by molar-refractivity contribution is 0.106. The number of aliphatic hydroxyl groups is 1. The molecule has 2 aliphatic rings. The van der Waals surface area contributed by atoms with Gasteiger partial charge >= 0.3 is 0 Å². The van der Waals surface area contributed by atoms with Gasteiger partial charge in [0.2, 0.25) is 0 Å². The molecule has 0 aliphatic heterocycles. The predicted octanol–water partition coefficient (Wildman–Crippen LogP) is 1.64. The summed E-state index contributed by atoms with van der Waals surface area (Å²) in [5.41, 5.74) is 5.85. The summed E-state index contributed by atoms with van der Waals surface area (Å²) in [6, 6.07) is 0.653. The van der Waals surface area contributed by atoms with Gasteiger partial charge in [-0.05, 0) is 63.5 Å². The van der Waals surface area contributed by atoms with Crippen molar-refractivity contribution in [1.29, 1.82) is 0 Å². The molecule has 0 heterocycles. The van der Waals surface area contributed by atoms with Crippen molar-refractivity contribution >= 4 is 0 Å². The second-order valence-corrected chi connectivity index (χ2v) is 5.97. The Morgan fingerprint density at radius 2 is 1.71 bits per heavy atom. The Morgan fingerprint density at radius 1 is 1.00 bits per heavy atom. The molecule has 2 rings (SSSR count). The van der Waals surface area contributed by atoms with Gasteiger partial charge in [-0.2, -0.15) is 0 Å². The molecule has 2 saturated carbocycles. The van der Waals surface area contributed by atoms with E-state index in [1.165, 1.54) is 38.5 Å². The molecule has 2 atom stereocenters. The Hall–Kier alpha value is -0.120. The smallest absolute Gasteiger partial charge is 0.0540 e. The molecule has 0 aromatic carbocycles. The molecule has 3 nitrogen and oxygen atoms in total. The molecule has 0 radical (unpaired) electrons. The van der Waals surface area contributed by atoms with Crippen LogP contribution in [0.3, 0.4) is 0 Å². The van der Waals surface area contributed by atoms with Crippen molar-refractivity contribution in [3.63, 3.8) is 0 Å². The number of hydrogen-bond acceptors (Lipinski definition) is 3. The van der Waals surface area contributed by atoms with Crippen LogP contribution in [-0.4, -0.2) is 30.3 Å². The van der Waals surface area contributed by atoms with Gasteiger partial charge in [-0.25, -0.2) is 0 Å². The van der Waals surface area contributed by atoms with Crippen molar-refractivity contribution in [2.75, 3.05) is 13.1 Å². The lowest BCUT2D eigenvalue weighted by atomic mass is 9.83. The standard InChI is InChI=1S/C14H28N2O/c15-9-12-3-1-2-4-14(12)16-10-11-5-7-13(17)8-6-11/h11-14,16-17H,1-10,15H2. The SMILES string of the molecule is NCC1CCCCC1NCC1CCC(O)CC1. The Labute approximate surface area is 105 Å². The Kier molecular flexibility index (Phi) is 5.26. The second kappa shape index (κ2) is 6.72. The molecule has 3 heteroatoms. The van der Waals surface area contributed by atoms with E-state index in [0.717, 1.165) is 31.8 Å². The monoisotopic (exact) mass is 240 g/mol. The largest absolute Gasteiger partial charge is 0.393 e. The van der Waals surface area contributed by atoms with E-state index < -0.39 is 0 Å². The summed E-state index contributed by atoms with van der Waals surface area (Å²) < 4.78 is 0. The van der Waals surface area contributed by atoms with Crippen molar-refractivity contribution in [1.82, 2.24) is 5.32 Å². The molecule has 0 amide bonds. The van der Waals surface area contributed by atoms with E-state index in [-0.39, 0.29) is 6.10 Å². The van der Waals surface area contributed by atoms with Gasteiger partial charge in [-0.3, -0.25) is 0 Å². The Balaban J connectivity index is 1.69. The van der Waals surface area contributed by atoms with Crippen LogP contribution >= 0.6 is 0 Å². The van der Waals surface area contributed by atoms with Crippen molar-refractivity contribution < 1.29 is 5.11 Å². The summed E-state index contributed by atoms with van der Waals surface area (Å²) in [4.78, 5) is 0. The summed E-state index contributed by atoms with van der Waals surface area (Å²) in [6.45, 7) is 1.97. The molecule has 2 aliphatic carbocycles. The zero-order chi connectivity index (χ0) is 12.1. The van der Waals surface area contributed by atoms with Crippen LogP contribution in [0.4, 0.5) is 0 Å². The van der Waals surface area contributed by atoms with Gasteiger partial charge in [-0.15, -0.1) is 0 Å². The summed E-state index contributed by atoms with van der Waals surface area (Å²) in [5, 5.41) is 13.2. The van der Waals surface area contributed by atoms with E-state index in [4.69, 9.17) is 5.73 Å². The third kappa shape index (κ3) is 3.94. The minimum atomic E-state index is -0.0299. The maximum Gasteiger partial charge on any atom is 0.0540 e. The van der Waals surface area contributed by atoms with Crippen molar-refractivity contribution in [2.24, 2.45) is 17.6 Å². The molecule has 2 unspecified atom stereocenters. The highest BCUT2D eigenvalue weighted by molar-refractivity contribution is 4.83. The predicted molar refractivity (Wildman–Crippen MR) is 70.8 cm³/mol. The molecular weight excluding hydrogens is 212 g/mol. The van der Waals surface area contributed by atoms with Gasteiger partial charge in [0.25, 0.3) is 0 Å². The Morgan fingerprint density at radius 3 is 2.41 bits per heavy atom. The van der Waals surface area contributed by atoms with Crippen LogP contribution in [0.15, 0.2) is 0 Å². The Bertz CT molecular complexity index is 214. The van der Waals surface area contributed by atoms with E-state index in [9.17, 15) is 5.11 Å². The van der Waals surface area contributed by atoms with E-state index in [1.54, 1.807) is 0 Å². The molecule has 100 valence electrons. The number of aliphatic hydroxyl groups excluding tert-OH is 1. The molecule has 2 fully saturated rings. The zero-order valence-electron chi connectivity index (χ0n) is 10.9. The minimum absolute atomic E-state index is 0.0299. The van der Waals surface area contributed by atoms with Crippen LogP contribution in [0.25, 0.3) is 0 Å². The van der Waals surface area contributed by atoms with Crippen molar-refractivity contribution in [3.8, 4) is 0 Å². The van der Waals surface area contributed by atoms with Crippen LogP contribution < -0.4 is 11.1 Å². The fourth-order valence-electron chi connectivity index (χ4n) is 3.43. The van der Waals surface area contributed by atoms with Crippen LogP contribution in [0.1, 0.15) is 51.4 Å². The lowest BCUT2D eigenvalue weighted by Gasteiger charge is -2.34. The van der Waals surface area contributed by atoms with Crippen LogP contribution in [0, 0.1) is 11.8 Å². The fraction of sp³-hybridized carbons (Fsp3) is 1.00. The molecular formula is C14H28N2O. The number of nitrogens with one attached hydrogen (secondary N) is 1. The van der Waals surface area contributed by atoms with Gasteiger partial charge in [0, 0.05) is 6.04 Å². The average Bonchev–Trinajstić information content (AvgIpc) is 2.38. The zero-order valence-corrected chi connectivity index (χ0v) is 10.9. The van der Waals surface area contributed by atoms with Gasteiger partial charge in [-0.1, -0.05) is 12.8 Å². The minimum Gasteiger partial charge on any atom is -0.393 e. The number of nitrogens with two attached hydrogens (primary N) is 1. The maximum atomic E-state index is 9.49. The van der Waals surface area contributed by atoms with Crippen LogP contribution in [0.2, 0.25) is 0 Å². The fourth-order valence-corrected chi connectivity index (χ4v) is 3.43. The summed E-state index contributed by atoms with van der Waals surface area (Å²) in [6.07, 6.45) is 9.66. The highest BCUT2D eigenvalue weighted by Crippen LogP contribution is 2.26. The normalized spacial score (nSPS) is 39.2. The number of hydrogen-bond donors (Lipinski definition) is 3. The molecule has 0 aromatic heterocycles. The quantitative estimate of drug-likeness (QED) is 0.700. The number of rotatable bonds is 4. The van der Waals surface area contributed by atoms with E-state index in [1.807, 2.05) is 0 Å². The summed E-state index contributed by atoms with van der Waals surface area (Å²) in [7, 11) is 0. The molecule has 0 spiro atoms. The van der Waals surface area contributed by atoms with Crippen molar-refractivity contribution in [2.45, 2.75) is 63.5 Å². The van der Waals surface area contributed by atoms with E-state index in [2.05, 4.69) is 5.32 Å². The van der Waals surface area contributed by atoms with E-state index >= 15 is 0 Å². The third-order valence-electron chi connectivity index (χ3n) is 4.70. The molecule has 0 bridgehead atoms. The maximum absolute atomic E-state index is 9.49. The molecule has 0 saturated heterocycles. The van der Waals surface area contributed by atoms with Gasteiger partial charge in [0.05, 0.1) is 6.10 Å². The second-order valence-electron chi connectivity index (χ2n) is 5.97. The first-order chi connectivity index (χ1) is 8.29. The van der Waals surface area contributed by atoms with Crippen molar-refractivity contribution in [3.05, 3.63) is 0 Å². The summed E-state index contributed by atoms with van der Waals surface area (Å²) in [5.74, 6) is 1.47. The molecule has 0 aromatic rings. The molecule has 17 heavy (non-hydrogen) atoms. The third-order valence-corrected chi connectivity index (χ3v) is 4.70. The van der Waals surface area contributed by atoms with Crippen LogP contribution in [0.5, 0.6) is 0 Å². The van der Waals surface area contributed by atoms with Gasteiger partial charge in [0.1, 0.15) is 0 Å². The lowest BCUT2D eigenvalue weighted by Crippen LogP contribution is -2.44. The van der Waals surface area contributed by atoms with Crippen LogP contribution in [-0.2, 0) is 0 Å².